The molecule has 37 heavy (non-hydrogen) atoms. The highest BCUT2D eigenvalue weighted by molar-refractivity contribution is 5.75. The molecular weight excluding hydrogens is 460 g/mol. The Balaban J connectivity index is 1.15. The van der Waals surface area contributed by atoms with Gasteiger partial charge >= 0.3 is 0 Å². The Morgan fingerprint density at radius 3 is 2.57 bits per heavy atom. The molecule has 5 rings (SSSR count). The van der Waals surface area contributed by atoms with Crippen molar-refractivity contribution in [1.82, 2.24) is 5.32 Å². The van der Waals surface area contributed by atoms with Crippen molar-refractivity contribution in [2.45, 2.75) is 97.2 Å². The number of nitrogens with one attached hydrogen (secondary N) is 2. The van der Waals surface area contributed by atoms with E-state index in [-0.39, 0.29) is 28.9 Å². The van der Waals surface area contributed by atoms with Crippen molar-refractivity contribution in [2.75, 3.05) is 18.4 Å². The van der Waals surface area contributed by atoms with E-state index in [1.165, 1.54) is 25.7 Å². The highest BCUT2D eigenvalue weighted by Crippen LogP contribution is 2.68. The second kappa shape index (κ2) is 10.9. The maximum atomic E-state index is 12.6. The fourth-order valence-corrected chi connectivity index (χ4v) is 9.77. The molecule has 206 valence electrons. The van der Waals surface area contributed by atoms with Crippen LogP contribution in [0.5, 0.6) is 0 Å². The first-order valence-corrected chi connectivity index (χ1v) is 15.1. The van der Waals surface area contributed by atoms with E-state index < -0.39 is 0 Å². The maximum Gasteiger partial charge on any atom is 0.220 e. The zero-order valence-corrected chi connectivity index (χ0v) is 23.3. The van der Waals surface area contributed by atoms with Crippen LogP contribution in [-0.4, -0.2) is 41.4 Å². The molecule has 4 saturated carbocycles. The smallest absolute Gasteiger partial charge is 0.220 e. The number of benzene rings is 1. The molecule has 0 spiro atoms. The summed E-state index contributed by atoms with van der Waals surface area (Å²) in [6.07, 6.45) is 9.94. The SMILES string of the molecule is CC(CCC(=O)NCCNc1ccccc1)[C@H]1CC[C@H]2[C@@H]3CC[C@@H]4C[C@H](O)CC[C@]4(C)[C@H]3C[C@H](O)[C@]12C. The largest absolute Gasteiger partial charge is 0.393 e. The van der Waals surface area contributed by atoms with Crippen molar-refractivity contribution in [2.24, 2.45) is 46.3 Å². The van der Waals surface area contributed by atoms with Gasteiger partial charge in [0.05, 0.1) is 12.2 Å². The minimum atomic E-state index is -0.256. The molecule has 5 heteroatoms. The van der Waals surface area contributed by atoms with Crippen LogP contribution in [0.2, 0.25) is 0 Å². The van der Waals surface area contributed by atoms with Gasteiger partial charge in [-0.2, -0.15) is 0 Å². The lowest BCUT2D eigenvalue weighted by atomic mass is 9.43. The first kappa shape index (κ1) is 27.0. The molecule has 1 aromatic rings. The number of carbonyl (C=O) groups is 1. The van der Waals surface area contributed by atoms with Crippen LogP contribution < -0.4 is 10.6 Å². The lowest BCUT2D eigenvalue weighted by molar-refractivity contribution is -0.174. The van der Waals surface area contributed by atoms with E-state index in [9.17, 15) is 15.0 Å². The van der Waals surface area contributed by atoms with Crippen LogP contribution in [0.15, 0.2) is 30.3 Å². The molecule has 0 aliphatic heterocycles. The summed E-state index contributed by atoms with van der Waals surface area (Å²) in [5.41, 5.74) is 1.32. The zero-order valence-electron chi connectivity index (χ0n) is 23.3. The van der Waals surface area contributed by atoms with Gasteiger partial charge in [-0.25, -0.2) is 0 Å². The molecule has 4 fully saturated rings. The molecule has 1 amide bonds. The van der Waals surface area contributed by atoms with E-state index >= 15 is 0 Å². The third-order valence-electron chi connectivity index (χ3n) is 11.9. The molecule has 0 bridgehead atoms. The molecule has 5 nitrogen and oxygen atoms in total. The average Bonchev–Trinajstić information content (AvgIpc) is 3.25. The number of amides is 1. The van der Waals surface area contributed by atoms with Crippen LogP contribution in [0, 0.1) is 46.3 Å². The number of aliphatic hydroxyl groups excluding tert-OH is 2. The van der Waals surface area contributed by atoms with Crippen molar-refractivity contribution in [3.63, 3.8) is 0 Å². The van der Waals surface area contributed by atoms with E-state index in [2.05, 4.69) is 31.4 Å². The van der Waals surface area contributed by atoms with Crippen LogP contribution in [0.25, 0.3) is 0 Å². The molecule has 10 atom stereocenters. The lowest BCUT2D eigenvalue weighted by Crippen LogP contribution is -2.58. The minimum absolute atomic E-state index is 0.0337. The van der Waals surface area contributed by atoms with Gasteiger partial charge in [0.15, 0.2) is 0 Å². The van der Waals surface area contributed by atoms with E-state index in [0.717, 1.165) is 44.3 Å². The number of carbonyl (C=O) groups excluding carboxylic acids is 1. The summed E-state index contributed by atoms with van der Waals surface area (Å²) >= 11 is 0. The molecule has 0 aromatic heterocycles. The Morgan fingerprint density at radius 2 is 1.78 bits per heavy atom. The van der Waals surface area contributed by atoms with Crippen molar-refractivity contribution in [3.8, 4) is 0 Å². The Kier molecular flexibility index (Phi) is 7.94. The molecule has 0 saturated heterocycles. The molecular formula is C32H50N2O3. The van der Waals surface area contributed by atoms with E-state index in [0.29, 0.717) is 48.5 Å². The average molecular weight is 511 g/mol. The van der Waals surface area contributed by atoms with Crippen LogP contribution in [0.3, 0.4) is 0 Å². The monoisotopic (exact) mass is 510 g/mol. The van der Waals surface area contributed by atoms with Gasteiger partial charge in [0.1, 0.15) is 0 Å². The van der Waals surface area contributed by atoms with Gasteiger partial charge in [-0.3, -0.25) is 4.79 Å². The predicted molar refractivity (Wildman–Crippen MR) is 149 cm³/mol. The first-order chi connectivity index (χ1) is 17.7. The second-order valence-corrected chi connectivity index (χ2v) is 13.5. The van der Waals surface area contributed by atoms with E-state index in [4.69, 9.17) is 0 Å². The molecule has 0 radical (unpaired) electrons. The second-order valence-electron chi connectivity index (χ2n) is 13.5. The van der Waals surface area contributed by atoms with Gasteiger partial charge in [0.2, 0.25) is 5.91 Å². The molecule has 1 unspecified atom stereocenters. The topological polar surface area (TPSA) is 81.6 Å². The van der Waals surface area contributed by atoms with E-state index in [1.807, 2.05) is 30.3 Å². The lowest BCUT2D eigenvalue weighted by Gasteiger charge is -2.62. The van der Waals surface area contributed by atoms with Gasteiger partial charge in [0, 0.05) is 25.2 Å². The number of aliphatic hydroxyl groups is 2. The maximum absolute atomic E-state index is 12.6. The van der Waals surface area contributed by atoms with Gasteiger partial charge < -0.3 is 20.8 Å². The van der Waals surface area contributed by atoms with Crippen molar-refractivity contribution in [1.29, 1.82) is 0 Å². The first-order valence-electron chi connectivity index (χ1n) is 15.1. The van der Waals surface area contributed by atoms with Crippen LogP contribution in [-0.2, 0) is 4.79 Å². The van der Waals surface area contributed by atoms with Gasteiger partial charge in [-0.05, 0) is 116 Å². The van der Waals surface area contributed by atoms with Gasteiger partial charge in [-0.1, -0.05) is 39.0 Å². The quantitative estimate of drug-likeness (QED) is 0.342. The Labute approximate surface area is 224 Å². The normalized spacial score (nSPS) is 41.7. The standard InChI is InChI=1S/C32H50N2O3/c1-21(9-14-30(37)34-18-17-33-23-7-5-4-6-8-23)26-12-13-27-25-11-10-22-19-24(35)15-16-31(22,2)28(25)20-29(36)32(26,27)3/h4-8,21-22,24-29,33,35-36H,9-20H2,1-3H3,(H,34,37)/t21?,22-,24-,25+,26-,27+,28+,29+,31+,32-/m1/s1. The minimum Gasteiger partial charge on any atom is -0.393 e. The summed E-state index contributed by atoms with van der Waals surface area (Å²) in [7, 11) is 0. The highest BCUT2D eigenvalue weighted by atomic mass is 16.3. The third kappa shape index (κ3) is 5.07. The van der Waals surface area contributed by atoms with Crippen LogP contribution >= 0.6 is 0 Å². The van der Waals surface area contributed by atoms with Crippen molar-refractivity contribution >= 4 is 11.6 Å². The van der Waals surface area contributed by atoms with Crippen molar-refractivity contribution < 1.29 is 15.0 Å². The Hall–Kier alpha value is -1.59. The van der Waals surface area contributed by atoms with Crippen molar-refractivity contribution in [3.05, 3.63) is 30.3 Å². The number of rotatable bonds is 8. The third-order valence-corrected chi connectivity index (χ3v) is 11.9. The number of hydrogen-bond donors (Lipinski definition) is 4. The molecule has 4 N–H and O–H groups in total. The molecule has 4 aliphatic carbocycles. The summed E-state index contributed by atoms with van der Waals surface area (Å²) in [5, 5.41) is 28.5. The Bertz CT molecular complexity index is 924. The van der Waals surface area contributed by atoms with Crippen LogP contribution in [0.4, 0.5) is 5.69 Å². The summed E-state index contributed by atoms with van der Waals surface area (Å²) in [6, 6.07) is 10.1. The Morgan fingerprint density at radius 1 is 1.00 bits per heavy atom. The van der Waals surface area contributed by atoms with Gasteiger partial charge in [-0.15, -0.1) is 0 Å². The molecule has 0 heterocycles. The summed E-state index contributed by atoms with van der Waals surface area (Å²) in [6.45, 7) is 8.55. The highest BCUT2D eigenvalue weighted by Gasteiger charge is 2.63. The zero-order chi connectivity index (χ0) is 26.2. The number of fused-ring (bicyclic) bond motifs is 5. The fraction of sp³-hybridized carbons (Fsp3) is 0.781. The molecule has 1 aromatic carbocycles. The number of anilines is 1. The number of hydrogen-bond acceptors (Lipinski definition) is 4. The van der Waals surface area contributed by atoms with Gasteiger partial charge in [0.25, 0.3) is 0 Å². The summed E-state index contributed by atoms with van der Waals surface area (Å²) < 4.78 is 0. The van der Waals surface area contributed by atoms with E-state index in [1.54, 1.807) is 0 Å². The number of para-hydroxylation sites is 1. The molecule has 4 aliphatic rings. The predicted octanol–water partition coefficient (Wildman–Crippen LogP) is 5.62. The summed E-state index contributed by atoms with van der Waals surface area (Å²) in [5.74, 6) is 3.57. The fourth-order valence-electron chi connectivity index (χ4n) is 9.77. The summed E-state index contributed by atoms with van der Waals surface area (Å²) in [4.78, 5) is 12.6. The van der Waals surface area contributed by atoms with Crippen LogP contribution in [0.1, 0.15) is 85.0 Å².